The van der Waals surface area contributed by atoms with Crippen molar-refractivity contribution in [2.45, 2.75) is 33.8 Å². The molecule has 0 atom stereocenters. The topological polar surface area (TPSA) is 65.4 Å². The van der Waals surface area contributed by atoms with Crippen LogP contribution in [0.1, 0.15) is 43.6 Å². The second-order valence-electron chi connectivity index (χ2n) is 5.39. The number of halogens is 1. The molecule has 0 aliphatic heterocycles. The first-order valence-electron chi connectivity index (χ1n) is 7.83. The zero-order chi connectivity index (χ0) is 17.4. The van der Waals surface area contributed by atoms with Crippen molar-refractivity contribution in [3.8, 4) is 11.8 Å². The molecule has 0 saturated heterocycles. The van der Waals surface area contributed by atoms with Gasteiger partial charge in [-0.25, -0.2) is 0 Å². The Hall–Kier alpha value is -1.77. The first-order chi connectivity index (χ1) is 10.9. The van der Waals surface area contributed by atoms with E-state index >= 15 is 0 Å². The number of benzene rings is 1. The summed E-state index contributed by atoms with van der Waals surface area (Å²) in [6, 6.07) is 4.99. The summed E-state index contributed by atoms with van der Waals surface area (Å²) in [5.41, 5.74) is 0.593. The van der Waals surface area contributed by atoms with Gasteiger partial charge in [0.15, 0.2) is 0 Å². The van der Waals surface area contributed by atoms with Gasteiger partial charge in [-0.05, 0) is 33.0 Å². The molecule has 1 amide bonds. The molecular weight excluding hydrogens is 314 g/mol. The van der Waals surface area contributed by atoms with E-state index in [2.05, 4.69) is 24.1 Å². The lowest BCUT2D eigenvalue weighted by Crippen LogP contribution is -2.35. The van der Waals surface area contributed by atoms with Crippen LogP contribution in [0.25, 0.3) is 0 Å². The highest BCUT2D eigenvalue weighted by molar-refractivity contribution is 6.32. The predicted molar refractivity (Wildman–Crippen MR) is 92.1 cm³/mol. The van der Waals surface area contributed by atoms with Gasteiger partial charge in [-0.15, -0.1) is 0 Å². The minimum atomic E-state index is -0.263. The number of carbonyl (C=O) groups excluding carboxylic acids is 1. The summed E-state index contributed by atoms with van der Waals surface area (Å²) in [6.45, 7) is 11.1. The highest BCUT2D eigenvalue weighted by Crippen LogP contribution is 2.28. The van der Waals surface area contributed by atoms with E-state index in [0.29, 0.717) is 17.9 Å². The highest BCUT2D eigenvalue weighted by atomic mass is 35.5. The third kappa shape index (κ3) is 5.74. The average molecular weight is 338 g/mol. The first kappa shape index (κ1) is 19.3. The number of likely N-dealkylation sites (N-methyl/N-ethyl adjacent to an activating group) is 1. The molecule has 23 heavy (non-hydrogen) atoms. The fraction of sp³-hybridized carbons (Fsp3) is 0.529. The molecule has 6 heteroatoms. The Balaban J connectivity index is 2.91. The lowest BCUT2D eigenvalue weighted by Gasteiger charge is -2.19. The summed E-state index contributed by atoms with van der Waals surface area (Å²) in [7, 11) is 0. The molecule has 1 rings (SSSR count). The van der Waals surface area contributed by atoms with Crippen molar-refractivity contribution < 1.29 is 9.53 Å². The van der Waals surface area contributed by atoms with Crippen molar-refractivity contribution in [1.29, 1.82) is 5.26 Å². The molecule has 5 nitrogen and oxygen atoms in total. The van der Waals surface area contributed by atoms with Crippen LogP contribution in [-0.4, -0.2) is 43.1 Å². The Labute approximate surface area is 143 Å². The number of rotatable bonds is 8. The summed E-state index contributed by atoms with van der Waals surface area (Å²) in [5, 5.41) is 12.2. The van der Waals surface area contributed by atoms with E-state index < -0.39 is 0 Å². The van der Waals surface area contributed by atoms with Gasteiger partial charge in [0.1, 0.15) is 11.8 Å². The molecule has 0 saturated carbocycles. The van der Waals surface area contributed by atoms with E-state index in [4.69, 9.17) is 21.6 Å². The number of nitrogens with one attached hydrogen (secondary N) is 1. The van der Waals surface area contributed by atoms with Crippen LogP contribution < -0.4 is 10.1 Å². The van der Waals surface area contributed by atoms with Gasteiger partial charge >= 0.3 is 0 Å². The highest BCUT2D eigenvalue weighted by Gasteiger charge is 2.17. The van der Waals surface area contributed by atoms with Crippen LogP contribution in [-0.2, 0) is 0 Å². The van der Waals surface area contributed by atoms with E-state index in [-0.39, 0.29) is 22.6 Å². The summed E-state index contributed by atoms with van der Waals surface area (Å²) in [6.07, 6.45) is -0.0961. The van der Waals surface area contributed by atoms with Crippen molar-refractivity contribution in [3.63, 3.8) is 0 Å². The molecule has 0 fully saturated rings. The van der Waals surface area contributed by atoms with E-state index in [1.807, 2.05) is 19.9 Å². The largest absolute Gasteiger partial charge is 0.490 e. The molecule has 0 bridgehead atoms. The Kier molecular flexibility index (Phi) is 7.87. The second-order valence-corrected chi connectivity index (χ2v) is 5.80. The number of ether oxygens (including phenoxy) is 1. The minimum absolute atomic E-state index is 0.0961. The Morgan fingerprint density at radius 1 is 1.39 bits per heavy atom. The normalized spacial score (nSPS) is 10.7. The van der Waals surface area contributed by atoms with Crippen molar-refractivity contribution in [2.75, 3.05) is 26.2 Å². The number of hydrogen-bond donors (Lipinski definition) is 1. The standard InChI is InChI=1S/C17H24ClN3O2/c1-5-21(6-2)8-7-20-17(22)14-9-13(11-19)15(18)10-16(14)23-12(3)4/h9-10,12H,5-8H2,1-4H3,(H,20,22). The van der Waals surface area contributed by atoms with Gasteiger partial charge < -0.3 is 15.0 Å². The van der Waals surface area contributed by atoms with Crippen molar-refractivity contribution in [2.24, 2.45) is 0 Å². The van der Waals surface area contributed by atoms with Crippen LogP contribution in [0, 0.1) is 11.3 Å². The van der Waals surface area contributed by atoms with Gasteiger partial charge in [0, 0.05) is 19.2 Å². The van der Waals surface area contributed by atoms with Crippen molar-refractivity contribution in [3.05, 3.63) is 28.3 Å². The van der Waals surface area contributed by atoms with Crippen LogP contribution in [0.15, 0.2) is 12.1 Å². The van der Waals surface area contributed by atoms with E-state index in [0.717, 1.165) is 19.6 Å². The predicted octanol–water partition coefficient (Wildman–Crippen LogP) is 3.07. The lowest BCUT2D eigenvalue weighted by atomic mass is 10.1. The molecule has 1 aromatic carbocycles. The molecule has 0 radical (unpaired) electrons. The van der Waals surface area contributed by atoms with E-state index in [1.165, 1.54) is 12.1 Å². The molecule has 126 valence electrons. The maximum absolute atomic E-state index is 12.4. The van der Waals surface area contributed by atoms with Crippen LogP contribution in [0.5, 0.6) is 5.75 Å². The molecule has 1 aromatic rings. The average Bonchev–Trinajstić information content (AvgIpc) is 2.51. The fourth-order valence-electron chi connectivity index (χ4n) is 2.13. The molecule has 0 unspecified atom stereocenters. The third-order valence-electron chi connectivity index (χ3n) is 3.41. The Morgan fingerprint density at radius 2 is 2.04 bits per heavy atom. The zero-order valence-corrected chi connectivity index (χ0v) is 14.9. The molecule has 0 aliphatic carbocycles. The quantitative estimate of drug-likeness (QED) is 0.791. The maximum atomic E-state index is 12.4. The fourth-order valence-corrected chi connectivity index (χ4v) is 2.33. The van der Waals surface area contributed by atoms with Gasteiger partial charge in [-0.3, -0.25) is 4.79 Å². The summed E-state index contributed by atoms with van der Waals surface area (Å²) >= 11 is 6.03. The number of nitriles is 1. The number of carbonyl (C=O) groups is 1. The van der Waals surface area contributed by atoms with Gasteiger partial charge in [0.05, 0.1) is 22.3 Å². The molecule has 0 heterocycles. The monoisotopic (exact) mass is 337 g/mol. The van der Waals surface area contributed by atoms with Gasteiger partial charge in [-0.2, -0.15) is 5.26 Å². The smallest absolute Gasteiger partial charge is 0.255 e. The summed E-state index contributed by atoms with van der Waals surface area (Å²) in [5.74, 6) is 0.130. The molecule has 0 aliphatic rings. The van der Waals surface area contributed by atoms with Crippen LogP contribution in [0.3, 0.4) is 0 Å². The molecule has 0 aromatic heterocycles. The Morgan fingerprint density at radius 3 is 2.57 bits per heavy atom. The number of nitrogens with zero attached hydrogens (tertiary/aromatic N) is 2. The third-order valence-corrected chi connectivity index (χ3v) is 3.72. The Bertz CT molecular complexity index is 578. The van der Waals surface area contributed by atoms with E-state index in [9.17, 15) is 4.79 Å². The van der Waals surface area contributed by atoms with Crippen LogP contribution in [0.2, 0.25) is 5.02 Å². The van der Waals surface area contributed by atoms with Crippen molar-refractivity contribution in [1.82, 2.24) is 10.2 Å². The maximum Gasteiger partial charge on any atom is 0.255 e. The van der Waals surface area contributed by atoms with Gasteiger partial charge in [0.25, 0.3) is 5.91 Å². The molecule has 0 spiro atoms. The second kappa shape index (κ2) is 9.39. The van der Waals surface area contributed by atoms with Crippen LogP contribution >= 0.6 is 11.6 Å². The summed E-state index contributed by atoms with van der Waals surface area (Å²) < 4.78 is 5.65. The lowest BCUT2D eigenvalue weighted by molar-refractivity contribution is 0.0943. The minimum Gasteiger partial charge on any atom is -0.490 e. The van der Waals surface area contributed by atoms with Crippen molar-refractivity contribution >= 4 is 17.5 Å². The first-order valence-corrected chi connectivity index (χ1v) is 8.21. The number of hydrogen-bond acceptors (Lipinski definition) is 4. The van der Waals surface area contributed by atoms with Gasteiger partial charge in [0.2, 0.25) is 0 Å². The SMILES string of the molecule is CCN(CC)CCNC(=O)c1cc(C#N)c(Cl)cc1OC(C)C. The number of amides is 1. The molecular formula is C17H24ClN3O2. The molecule has 1 N–H and O–H groups in total. The van der Waals surface area contributed by atoms with Gasteiger partial charge in [-0.1, -0.05) is 25.4 Å². The van der Waals surface area contributed by atoms with E-state index in [1.54, 1.807) is 0 Å². The zero-order valence-electron chi connectivity index (χ0n) is 14.1. The summed E-state index contributed by atoms with van der Waals surface area (Å²) in [4.78, 5) is 14.6. The van der Waals surface area contributed by atoms with Crippen LogP contribution in [0.4, 0.5) is 0 Å².